The second-order valence-electron chi connectivity index (χ2n) is 6.00. The van der Waals surface area contributed by atoms with Crippen LogP contribution >= 0.6 is 11.3 Å². The third kappa shape index (κ3) is 3.38. The second kappa shape index (κ2) is 7.05. The molecule has 1 aliphatic rings. The van der Waals surface area contributed by atoms with Crippen LogP contribution in [0.4, 0.5) is 0 Å². The van der Waals surface area contributed by atoms with Crippen LogP contribution in [0.25, 0.3) is 0 Å². The standard InChI is InChI=1S/C18H22N2OS/c1-14(13-15-7-3-2-4-8-15)18(21)20-11-6-5-9-16(20)17-19-10-12-22-17/h2-4,7-8,10,12,14,16H,5-6,9,11,13H2,1H3/t14-,16+/m1/s1. The maximum atomic E-state index is 12.9. The highest BCUT2D eigenvalue weighted by atomic mass is 32.1. The average Bonchev–Trinajstić information content (AvgIpc) is 3.09. The number of rotatable bonds is 4. The van der Waals surface area contributed by atoms with E-state index in [1.807, 2.05) is 36.7 Å². The first kappa shape index (κ1) is 15.2. The third-order valence-corrected chi connectivity index (χ3v) is 5.21. The Bertz CT molecular complexity index is 597. The lowest BCUT2D eigenvalue weighted by Gasteiger charge is -2.36. The van der Waals surface area contributed by atoms with Crippen molar-refractivity contribution in [1.29, 1.82) is 0 Å². The molecule has 1 aliphatic heterocycles. The van der Waals surface area contributed by atoms with Crippen molar-refractivity contribution in [3.8, 4) is 0 Å². The SMILES string of the molecule is C[C@H](Cc1ccccc1)C(=O)N1CCCC[C@H]1c1nccs1. The lowest BCUT2D eigenvalue weighted by Crippen LogP contribution is -2.41. The smallest absolute Gasteiger partial charge is 0.226 e. The third-order valence-electron chi connectivity index (χ3n) is 4.33. The lowest BCUT2D eigenvalue weighted by atomic mass is 9.96. The van der Waals surface area contributed by atoms with Crippen LogP contribution in [0.2, 0.25) is 0 Å². The van der Waals surface area contributed by atoms with Crippen LogP contribution in [0.1, 0.15) is 42.8 Å². The Hall–Kier alpha value is -1.68. The van der Waals surface area contributed by atoms with Crippen molar-refractivity contribution < 1.29 is 4.79 Å². The number of amides is 1. The van der Waals surface area contributed by atoms with E-state index >= 15 is 0 Å². The topological polar surface area (TPSA) is 33.2 Å². The number of thiazole rings is 1. The van der Waals surface area contributed by atoms with Gasteiger partial charge in [-0.25, -0.2) is 4.98 Å². The molecule has 0 saturated carbocycles. The average molecular weight is 314 g/mol. The summed E-state index contributed by atoms with van der Waals surface area (Å²) in [5.74, 6) is 0.284. The van der Waals surface area contributed by atoms with Gasteiger partial charge < -0.3 is 4.90 Å². The van der Waals surface area contributed by atoms with E-state index < -0.39 is 0 Å². The molecule has 116 valence electrons. The zero-order valence-electron chi connectivity index (χ0n) is 12.9. The fourth-order valence-corrected chi connectivity index (χ4v) is 3.97. The van der Waals surface area contributed by atoms with Gasteiger partial charge in [0, 0.05) is 24.0 Å². The molecule has 1 aromatic heterocycles. The van der Waals surface area contributed by atoms with E-state index in [9.17, 15) is 4.79 Å². The van der Waals surface area contributed by atoms with Crippen molar-refractivity contribution in [2.75, 3.05) is 6.54 Å². The minimum atomic E-state index is 0.0166. The predicted octanol–water partition coefficient (Wildman–Crippen LogP) is 4.08. The van der Waals surface area contributed by atoms with Gasteiger partial charge in [0.2, 0.25) is 5.91 Å². The molecule has 22 heavy (non-hydrogen) atoms. The van der Waals surface area contributed by atoms with Gasteiger partial charge in [0.05, 0.1) is 6.04 Å². The highest BCUT2D eigenvalue weighted by Crippen LogP contribution is 2.33. The molecule has 0 N–H and O–H groups in total. The Kier molecular flexibility index (Phi) is 4.88. The maximum Gasteiger partial charge on any atom is 0.226 e. The zero-order chi connectivity index (χ0) is 15.4. The Morgan fingerprint density at radius 1 is 1.36 bits per heavy atom. The summed E-state index contributed by atoms with van der Waals surface area (Å²) >= 11 is 1.66. The van der Waals surface area contributed by atoms with Crippen LogP contribution in [0.3, 0.4) is 0 Å². The van der Waals surface area contributed by atoms with Crippen LogP contribution in [-0.4, -0.2) is 22.3 Å². The minimum Gasteiger partial charge on any atom is -0.333 e. The minimum absolute atomic E-state index is 0.0166. The van der Waals surface area contributed by atoms with Crippen LogP contribution in [-0.2, 0) is 11.2 Å². The van der Waals surface area contributed by atoms with E-state index in [2.05, 4.69) is 22.0 Å². The van der Waals surface area contributed by atoms with Gasteiger partial charge in [-0.3, -0.25) is 4.79 Å². The van der Waals surface area contributed by atoms with E-state index in [1.165, 1.54) is 12.0 Å². The Morgan fingerprint density at radius 3 is 2.91 bits per heavy atom. The second-order valence-corrected chi connectivity index (χ2v) is 6.93. The summed E-state index contributed by atoms with van der Waals surface area (Å²) in [7, 11) is 0. The van der Waals surface area contributed by atoms with Crippen LogP contribution in [0.15, 0.2) is 41.9 Å². The molecule has 3 nitrogen and oxygen atoms in total. The van der Waals surface area contributed by atoms with Crippen LogP contribution < -0.4 is 0 Å². The Labute approximate surface area is 136 Å². The molecule has 1 fully saturated rings. The number of nitrogens with zero attached hydrogens (tertiary/aromatic N) is 2. The molecule has 0 spiro atoms. The van der Waals surface area contributed by atoms with E-state index in [-0.39, 0.29) is 17.9 Å². The molecule has 4 heteroatoms. The quantitative estimate of drug-likeness (QED) is 0.852. The maximum absolute atomic E-state index is 12.9. The van der Waals surface area contributed by atoms with Gasteiger partial charge in [-0.1, -0.05) is 37.3 Å². The molecule has 3 rings (SSSR count). The summed E-state index contributed by atoms with van der Waals surface area (Å²) in [5.41, 5.74) is 1.23. The summed E-state index contributed by atoms with van der Waals surface area (Å²) in [4.78, 5) is 19.4. The molecule has 1 amide bonds. The van der Waals surface area contributed by atoms with Gasteiger partial charge in [-0.15, -0.1) is 11.3 Å². The highest BCUT2D eigenvalue weighted by molar-refractivity contribution is 7.09. The predicted molar refractivity (Wildman–Crippen MR) is 89.7 cm³/mol. The largest absolute Gasteiger partial charge is 0.333 e. The Morgan fingerprint density at radius 2 is 2.18 bits per heavy atom. The first-order valence-corrected chi connectivity index (χ1v) is 8.87. The number of aromatic nitrogens is 1. The molecule has 0 aliphatic carbocycles. The summed E-state index contributed by atoms with van der Waals surface area (Å²) in [6, 6.07) is 10.5. The molecule has 2 heterocycles. The number of likely N-dealkylation sites (tertiary alicyclic amines) is 1. The van der Waals surface area contributed by atoms with Gasteiger partial charge in [-0.05, 0) is 31.2 Å². The van der Waals surface area contributed by atoms with E-state index in [0.29, 0.717) is 0 Å². The van der Waals surface area contributed by atoms with E-state index in [4.69, 9.17) is 0 Å². The van der Waals surface area contributed by atoms with Crippen molar-refractivity contribution in [3.05, 3.63) is 52.5 Å². The zero-order valence-corrected chi connectivity index (χ0v) is 13.8. The van der Waals surface area contributed by atoms with Crippen molar-refractivity contribution in [2.24, 2.45) is 5.92 Å². The van der Waals surface area contributed by atoms with Crippen LogP contribution in [0.5, 0.6) is 0 Å². The number of carbonyl (C=O) groups is 1. The van der Waals surface area contributed by atoms with Crippen molar-refractivity contribution in [1.82, 2.24) is 9.88 Å². The Balaban J connectivity index is 1.71. The summed E-state index contributed by atoms with van der Waals surface area (Å²) in [6.45, 7) is 2.91. The molecular formula is C18H22N2OS. The molecule has 0 bridgehead atoms. The first-order chi connectivity index (χ1) is 10.8. The first-order valence-electron chi connectivity index (χ1n) is 7.99. The number of benzene rings is 1. The van der Waals surface area contributed by atoms with Gasteiger partial charge >= 0.3 is 0 Å². The summed E-state index contributed by atoms with van der Waals surface area (Å²) < 4.78 is 0. The summed E-state index contributed by atoms with van der Waals surface area (Å²) in [6.07, 6.45) is 5.97. The number of carbonyl (C=O) groups excluding carboxylic acids is 1. The van der Waals surface area contributed by atoms with Gasteiger partial charge in [-0.2, -0.15) is 0 Å². The number of piperidine rings is 1. The monoisotopic (exact) mass is 314 g/mol. The van der Waals surface area contributed by atoms with Gasteiger partial charge in [0.1, 0.15) is 5.01 Å². The van der Waals surface area contributed by atoms with Gasteiger partial charge in [0.15, 0.2) is 0 Å². The van der Waals surface area contributed by atoms with Crippen LogP contribution in [0, 0.1) is 5.92 Å². The fraction of sp³-hybridized carbons (Fsp3) is 0.444. The van der Waals surface area contributed by atoms with E-state index in [0.717, 1.165) is 30.8 Å². The molecule has 2 atom stereocenters. The molecule has 0 unspecified atom stereocenters. The van der Waals surface area contributed by atoms with Crippen molar-refractivity contribution in [3.63, 3.8) is 0 Å². The molecule has 1 saturated heterocycles. The molecular weight excluding hydrogens is 292 g/mol. The molecule has 2 aromatic rings. The molecule has 1 aromatic carbocycles. The molecule has 0 radical (unpaired) electrons. The number of hydrogen-bond donors (Lipinski definition) is 0. The number of hydrogen-bond acceptors (Lipinski definition) is 3. The normalized spacial score (nSPS) is 19.9. The summed E-state index contributed by atoms with van der Waals surface area (Å²) in [5, 5.41) is 3.08. The van der Waals surface area contributed by atoms with Gasteiger partial charge in [0.25, 0.3) is 0 Å². The highest BCUT2D eigenvalue weighted by Gasteiger charge is 2.31. The fourth-order valence-electron chi connectivity index (χ4n) is 3.19. The van der Waals surface area contributed by atoms with Crippen molar-refractivity contribution >= 4 is 17.2 Å². The lowest BCUT2D eigenvalue weighted by molar-refractivity contribution is -0.139. The van der Waals surface area contributed by atoms with Crippen molar-refractivity contribution in [2.45, 2.75) is 38.6 Å². The van der Waals surface area contributed by atoms with E-state index in [1.54, 1.807) is 11.3 Å².